The van der Waals surface area contributed by atoms with Crippen molar-refractivity contribution in [3.05, 3.63) is 45.1 Å². The number of H-pyrrole nitrogens is 1. The molecule has 0 saturated heterocycles. The van der Waals surface area contributed by atoms with Gasteiger partial charge in [-0.05, 0) is 25.1 Å². The summed E-state index contributed by atoms with van der Waals surface area (Å²) in [6.45, 7) is 3.78. The van der Waals surface area contributed by atoms with Gasteiger partial charge in [0.1, 0.15) is 6.54 Å². The van der Waals surface area contributed by atoms with Gasteiger partial charge >= 0.3 is 5.69 Å². The summed E-state index contributed by atoms with van der Waals surface area (Å²) in [5.41, 5.74) is -0.570. The first-order valence-electron chi connectivity index (χ1n) is 7.32. The van der Waals surface area contributed by atoms with Crippen LogP contribution in [0, 0.1) is 0 Å². The lowest BCUT2D eigenvalue weighted by Crippen LogP contribution is -2.41. The van der Waals surface area contributed by atoms with Crippen LogP contribution in [0.1, 0.15) is 13.3 Å². The quantitative estimate of drug-likeness (QED) is 0.618. The van der Waals surface area contributed by atoms with Gasteiger partial charge in [-0.25, -0.2) is 4.79 Å². The Kier molecular flexibility index (Phi) is 5.48. The number of nitrogens with zero attached hydrogens (tertiary/aromatic N) is 1. The van der Waals surface area contributed by atoms with E-state index in [4.69, 9.17) is 0 Å². The molecule has 22 heavy (non-hydrogen) atoms. The van der Waals surface area contributed by atoms with Crippen LogP contribution < -0.4 is 21.9 Å². The van der Waals surface area contributed by atoms with E-state index in [1.807, 2.05) is 0 Å². The van der Waals surface area contributed by atoms with E-state index in [9.17, 15) is 14.4 Å². The Morgan fingerprint density at radius 2 is 1.95 bits per heavy atom. The van der Waals surface area contributed by atoms with E-state index < -0.39 is 11.2 Å². The number of aromatic amines is 1. The first kappa shape index (κ1) is 16.0. The normalized spacial score (nSPS) is 10.8. The summed E-state index contributed by atoms with van der Waals surface area (Å²) in [5.74, 6) is -0.360. The molecule has 7 heteroatoms. The second-order valence-corrected chi connectivity index (χ2v) is 4.97. The van der Waals surface area contributed by atoms with Crippen molar-refractivity contribution in [1.29, 1.82) is 0 Å². The Morgan fingerprint density at radius 1 is 1.18 bits per heavy atom. The van der Waals surface area contributed by atoms with Crippen molar-refractivity contribution >= 4 is 16.8 Å². The number of amides is 1. The monoisotopic (exact) mass is 304 g/mol. The van der Waals surface area contributed by atoms with E-state index in [-0.39, 0.29) is 12.5 Å². The SMILES string of the molecule is CCCNCCNC(=O)Cn1c(=O)[nH]c2ccccc2c1=O. The second-order valence-electron chi connectivity index (χ2n) is 4.97. The summed E-state index contributed by atoms with van der Waals surface area (Å²) >= 11 is 0. The van der Waals surface area contributed by atoms with Gasteiger partial charge in [0.25, 0.3) is 5.56 Å². The van der Waals surface area contributed by atoms with Crippen molar-refractivity contribution in [1.82, 2.24) is 20.2 Å². The Balaban J connectivity index is 2.07. The Labute approximate surface area is 127 Å². The van der Waals surface area contributed by atoms with E-state index in [0.29, 0.717) is 24.0 Å². The Morgan fingerprint density at radius 3 is 2.73 bits per heavy atom. The molecule has 1 amide bonds. The lowest BCUT2D eigenvalue weighted by molar-refractivity contribution is -0.121. The fraction of sp³-hybridized carbons (Fsp3) is 0.400. The third kappa shape index (κ3) is 3.82. The molecule has 0 aliphatic rings. The molecule has 1 aromatic heterocycles. The maximum absolute atomic E-state index is 12.3. The van der Waals surface area contributed by atoms with Gasteiger partial charge in [0.05, 0.1) is 10.9 Å². The molecule has 3 N–H and O–H groups in total. The van der Waals surface area contributed by atoms with E-state index in [1.54, 1.807) is 24.3 Å². The molecule has 1 aromatic carbocycles. The minimum atomic E-state index is -0.581. The number of hydrogen-bond donors (Lipinski definition) is 3. The van der Waals surface area contributed by atoms with Gasteiger partial charge in [-0.3, -0.25) is 14.2 Å². The zero-order chi connectivity index (χ0) is 15.9. The van der Waals surface area contributed by atoms with Crippen molar-refractivity contribution < 1.29 is 4.79 Å². The molecule has 0 radical (unpaired) electrons. The van der Waals surface area contributed by atoms with Gasteiger partial charge in [0.2, 0.25) is 5.91 Å². The van der Waals surface area contributed by atoms with Crippen LogP contribution in [0.25, 0.3) is 10.9 Å². The van der Waals surface area contributed by atoms with E-state index >= 15 is 0 Å². The highest BCUT2D eigenvalue weighted by Crippen LogP contribution is 2.02. The molecule has 0 spiro atoms. The van der Waals surface area contributed by atoms with Crippen LogP contribution in [0.2, 0.25) is 0 Å². The number of para-hydroxylation sites is 1. The first-order chi connectivity index (χ1) is 10.6. The predicted octanol–water partition coefficient (Wildman–Crippen LogP) is -0.194. The van der Waals surface area contributed by atoms with Crippen LogP contribution in [-0.2, 0) is 11.3 Å². The topological polar surface area (TPSA) is 96.0 Å². The zero-order valence-corrected chi connectivity index (χ0v) is 12.5. The lowest BCUT2D eigenvalue weighted by atomic mass is 10.2. The summed E-state index contributed by atoms with van der Waals surface area (Å²) in [5, 5.41) is 6.22. The number of aromatic nitrogens is 2. The third-order valence-corrected chi connectivity index (χ3v) is 3.24. The van der Waals surface area contributed by atoms with Crippen LogP contribution in [0.4, 0.5) is 0 Å². The summed E-state index contributed by atoms with van der Waals surface area (Å²) in [7, 11) is 0. The third-order valence-electron chi connectivity index (χ3n) is 3.24. The summed E-state index contributed by atoms with van der Waals surface area (Å²) in [6, 6.07) is 6.72. The number of nitrogens with one attached hydrogen (secondary N) is 3. The van der Waals surface area contributed by atoms with Crippen LogP contribution >= 0.6 is 0 Å². The maximum Gasteiger partial charge on any atom is 0.329 e. The number of benzene rings is 1. The van der Waals surface area contributed by atoms with Crippen molar-refractivity contribution in [2.75, 3.05) is 19.6 Å². The van der Waals surface area contributed by atoms with E-state index in [1.165, 1.54) is 0 Å². The average Bonchev–Trinajstić information content (AvgIpc) is 2.51. The lowest BCUT2D eigenvalue weighted by Gasteiger charge is -2.08. The molecule has 0 aliphatic heterocycles. The van der Waals surface area contributed by atoms with Crippen LogP contribution in [0.15, 0.2) is 33.9 Å². The van der Waals surface area contributed by atoms with Crippen LogP contribution in [0.3, 0.4) is 0 Å². The molecule has 118 valence electrons. The van der Waals surface area contributed by atoms with Crippen molar-refractivity contribution in [3.63, 3.8) is 0 Å². The van der Waals surface area contributed by atoms with Gasteiger partial charge in [0.15, 0.2) is 0 Å². The highest BCUT2D eigenvalue weighted by atomic mass is 16.2. The largest absolute Gasteiger partial charge is 0.353 e. The molecule has 0 bridgehead atoms. The summed E-state index contributed by atoms with van der Waals surface area (Å²) < 4.78 is 0.914. The molecule has 1 heterocycles. The molecule has 2 aromatic rings. The molecular formula is C15H20N4O3. The van der Waals surface area contributed by atoms with Gasteiger partial charge in [-0.2, -0.15) is 0 Å². The molecule has 2 rings (SSSR count). The number of hydrogen-bond acceptors (Lipinski definition) is 4. The van der Waals surface area contributed by atoms with Gasteiger partial charge in [-0.15, -0.1) is 0 Å². The van der Waals surface area contributed by atoms with Gasteiger partial charge < -0.3 is 15.6 Å². The van der Waals surface area contributed by atoms with Crippen LogP contribution in [-0.4, -0.2) is 35.1 Å². The predicted molar refractivity (Wildman–Crippen MR) is 85.0 cm³/mol. The molecule has 0 saturated carbocycles. The first-order valence-corrected chi connectivity index (χ1v) is 7.32. The highest BCUT2D eigenvalue weighted by molar-refractivity contribution is 5.78. The fourth-order valence-corrected chi connectivity index (χ4v) is 2.13. The molecule has 0 atom stereocenters. The number of rotatable bonds is 7. The van der Waals surface area contributed by atoms with E-state index in [2.05, 4.69) is 22.5 Å². The average molecular weight is 304 g/mol. The van der Waals surface area contributed by atoms with Gasteiger partial charge in [0, 0.05) is 13.1 Å². The zero-order valence-electron chi connectivity index (χ0n) is 12.5. The van der Waals surface area contributed by atoms with Crippen LogP contribution in [0.5, 0.6) is 0 Å². The minimum absolute atomic E-state index is 0.285. The molecular weight excluding hydrogens is 284 g/mol. The number of fused-ring (bicyclic) bond motifs is 1. The Hall–Kier alpha value is -2.41. The molecule has 0 fully saturated rings. The summed E-state index contributed by atoms with van der Waals surface area (Å²) in [4.78, 5) is 38.6. The van der Waals surface area contributed by atoms with Crippen molar-refractivity contribution in [2.45, 2.75) is 19.9 Å². The summed E-state index contributed by atoms with van der Waals surface area (Å²) in [6.07, 6.45) is 1.02. The highest BCUT2D eigenvalue weighted by Gasteiger charge is 2.10. The van der Waals surface area contributed by atoms with Crippen molar-refractivity contribution in [3.8, 4) is 0 Å². The van der Waals surface area contributed by atoms with Crippen molar-refractivity contribution in [2.24, 2.45) is 0 Å². The smallest absolute Gasteiger partial charge is 0.329 e. The maximum atomic E-state index is 12.3. The minimum Gasteiger partial charge on any atom is -0.353 e. The van der Waals surface area contributed by atoms with Gasteiger partial charge in [-0.1, -0.05) is 19.1 Å². The fourth-order valence-electron chi connectivity index (χ4n) is 2.13. The molecule has 7 nitrogen and oxygen atoms in total. The molecule has 0 aliphatic carbocycles. The molecule has 0 unspecified atom stereocenters. The standard InChI is InChI=1S/C15H20N4O3/c1-2-7-16-8-9-17-13(20)10-19-14(21)11-5-3-4-6-12(11)18-15(19)22/h3-6,16H,2,7-10H2,1H3,(H,17,20)(H,18,22). The van der Waals surface area contributed by atoms with E-state index in [0.717, 1.165) is 17.5 Å². The second kappa shape index (κ2) is 7.56. The Bertz CT molecular complexity index is 763. The number of carbonyl (C=O) groups is 1. The number of carbonyl (C=O) groups excluding carboxylic acids is 1.